The Morgan fingerprint density at radius 1 is 1.33 bits per heavy atom. The Morgan fingerprint density at radius 2 is 1.94 bits per heavy atom. The minimum absolute atomic E-state index is 0.00801. The number of hydrogen-bond donors (Lipinski definition) is 1. The summed E-state index contributed by atoms with van der Waals surface area (Å²) < 4.78 is 26.1. The smallest absolute Gasteiger partial charge is 0.248 e. The molecule has 0 spiro atoms. The van der Waals surface area contributed by atoms with Gasteiger partial charge in [-0.2, -0.15) is 0 Å². The van der Waals surface area contributed by atoms with Crippen molar-refractivity contribution in [2.24, 2.45) is 11.8 Å². The molecule has 2 atom stereocenters. The van der Waals surface area contributed by atoms with E-state index >= 15 is 0 Å². The van der Waals surface area contributed by atoms with E-state index in [1.807, 2.05) is 0 Å². The molecule has 2 unspecified atom stereocenters. The molecule has 1 N–H and O–H groups in total. The third-order valence-corrected chi connectivity index (χ3v) is 4.28. The van der Waals surface area contributed by atoms with E-state index in [1.54, 1.807) is 11.8 Å². The molecule has 1 saturated heterocycles. The first-order chi connectivity index (χ1) is 8.39. The molecule has 0 bridgehead atoms. The summed E-state index contributed by atoms with van der Waals surface area (Å²) in [5.74, 6) is -2.67. The van der Waals surface area contributed by atoms with Crippen LogP contribution in [0.1, 0.15) is 39.0 Å². The van der Waals surface area contributed by atoms with Crippen molar-refractivity contribution in [1.29, 1.82) is 0 Å². The Kier molecular flexibility index (Phi) is 3.90. The van der Waals surface area contributed by atoms with E-state index in [4.69, 9.17) is 0 Å². The highest BCUT2D eigenvalue weighted by atomic mass is 19.3. The lowest BCUT2D eigenvalue weighted by Crippen LogP contribution is -2.38. The molecule has 1 saturated carbocycles. The molecule has 1 heterocycles. The zero-order valence-electron chi connectivity index (χ0n) is 10.7. The summed E-state index contributed by atoms with van der Waals surface area (Å²) in [6, 6.07) is 0. The van der Waals surface area contributed by atoms with Crippen LogP contribution in [0.25, 0.3) is 0 Å². The first-order valence-corrected chi connectivity index (χ1v) is 6.74. The lowest BCUT2D eigenvalue weighted by Gasteiger charge is -2.30. The standard InChI is InChI=1S/C13H21F2NO2/c1-9(17)11-4-7-16(8-11)12(18)10-2-5-13(14,15)6-3-10/h9-11,17H,2-8H2,1H3. The van der Waals surface area contributed by atoms with Gasteiger partial charge in [0.05, 0.1) is 6.10 Å². The van der Waals surface area contributed by atoms with Gasteiger partial charge in [-0.15, -0.1) is 0 Å². The summed E-state index contributed by atoms with van der Waals surface area (Å²) in [5, 5.41) is 9.49. The predicted octanol–water partition coefficient (Wildman–Crippen LogP) is 2.04. The van der Waals surface area contributed by atoms with Crippen molar-refractivity contribution in [2.45, 2.75) is 51.1 Å². The zero-order valence-corrected chi connectivity index (χ0v) is 10.7. The van der Waals surface area contributed by atoms with E-state index < -0.39 is 12.0 Å². The number of amides is 1. The van der Waals surface area contributed by atoms with Crippen molar-refractivity contribution in [2.75, 3.05) is 13.1 Å². The third kappa shape index (κ3) is 2.99. The topological polar surface area (TPSA) is 40.5 Å². The van der Waals surface area contributed by atoms with Gasteiger partial charge in [0, 0.05) is 37.8 Å². The van der Waals surface area contributed by atoms with Crippen molar-refractivity contribution in [1.82, 2.24) is 4.90 Å². The molecule has 5 heteroatoms. The number of rotatable bonds is 2. The highest BCUT2D eigenvalue weighted by Gasteiger charge is 2.40. The van der Waals surface area contributed by atoms with E-state index in [2.05, 4.69) is 0 Å². The maximum Gasteiger partial charge on any atom is 0.248 e. The van der Waals surface area contributed by atoms with Crippen molar-refractivity contribution >= 4 is 5.91 Å². The normalized spacial score (nSPS) is 30.4. The Morgan fingerprint density at radius 3 is 2.44 bits per heavy atom. The molecule has 0 aromatic heterocycles. The van der Waals surface area contributed by atoms with E-state index in [0.717, 1.165) is 6.42 Å². The van der Waals surface area contributed by atoms with Gasteiger partial charge in [-0.3, -0.25) is 4.79 Å². The molecule has 0 radical (unpaired) electrons. The highest BCUT2D eigenvalue weighted by molar-refractivity contribution is 5.79. The fourth-order valence-corrected chi connectivity index (χ4v) is 2.93. The fraction of sp³-hybridized carbons (Fsp3) is 0.923. The van der Waals surface area contributed by atoms with Crippen molar-refractivity contribution in [3.05, 3.63) is 0 Å². The minimum Gasteiger partial charge on any atom is -0.393 e. The molecule has 0 aromatic rings. The monoisotopic (exact) mass is 261 g/mol. The van der Waals surface area contributed by atoms with Crippen molar-refractivity contribution in [3.63, 3.8) is 0 Å². The first kappa shape index (κ1) is 13.7. The van der Waals surface area contributed by atoms with Crippen LogP contribution in [0, 0.1) is 11.8 Å². The summed E-state index contributed by atoms with van der Waals surface area (Å²) in [7, 11) is 0. The Balaban J connectivity index is 1.86. The van der Waals surface area contributed by atoms with Gasteiger partial charge in [0.15, 0.2) is 0 Å². The quantitative estimate of drug-likeness (QED) is 0.826. The largest absolute Gasteiger partial charge is 0.393 e. The van der Waals surface area contributed by atoms with Crippen LogP contribution in [0.3, 0.4) is 0 Å². The summed E-state index contributed by atoms with van der Waals surface area (Å²) in [6.45, 7) is 2.96. The number of aliphatic hydroxyl groups is 1. The minimum atomic E-state index is -2.58. The second-order valence-electron chi connectivity index (χ2n) is 5.70. The van der Waals surface area contributed by atoms with Crippen LogP contribution in [-0.4, -0.2) is 41.0 Å². The molecular formula is C13H21F2NO2. The van der Waals surface area contributed by atoms with E-state index in [0.29, 0.717) is 25.9 Å². The number of alkyl halides is 2. The number of hydrogen-bond acceptors (Lipinski definition) is 2. The molecule has 2 fully saturated rings. The molecule has 0 aromatic carbocycles. The van der Waals surface area contributed by atoms with E-state index in [1.165, 1.54) is 0 Å². The third-order valence-electron chi connectivity index (χ3n) is 4.28. The molecule has 104 valence electrons. The first-order valence-electron chi connectivity index (χ1n) is 6.74. The van der Waals surface area contributed by atoms with Crippen molar-refractivity contribution in [3.8, 4) is 0 Å². The predicted molar refractivity (Wildman–Crippen MR) is 63.3 cm³/mol. The number of carbonyl (C=O) groups excluding carboxylic acids is 1. The Hall–Kier alpha value is -0.710. The summed E-state index contributed by atoms with van der Waals surface area (Å²) >= 11 is 0. The summed E-state index contributed by atoms with van der Waals surface area (Å²) in [4.78, 5) is 13.9. The second-order valence-corrected chi connectivity index (χ2v) is 5.70. The van der Waals surface area contributed by atoms with Gasteiger partial charge in [-0.25, -0.2) is 8.78 Å². The molecule has 3 nitrogen and oxygen atoms in total. The summed E-state index contributed by atoms with van der Waals surface area (Å²) in [5.41, 5.74) is 0. The number of likely N-dealkylation sites (tertiary alicyclic amines) is 1. The zero-order chi connectivity index (χ0) is 13.3. The molecule has 1 aliphatic carbocycles. The van der Waals surface area contributed by atoms with Gasteiger partial charge in [-0.05, 0) is 26.2 Å². The van der Waals surface area contributed by atoms with Gasteiger partial charge < -0.3 is 10.0 Å². The van der Waals surface area contributed by atoms with Gasteiger partial charge in [0.1, 0.15) is 0 Å². The maximum atomic E-state index is 13.0. The fourth-order valence-electron chi connectivity index (χ4n) is 2.93. The van der Waals surface area contributed by atoms with Gasteiger partial charge in [-0.1, -0.05) is 0 Å². The van der Waals surface area contributed by atoms with Crippen LogP contribution in [0.5, 0.6) is 0 Å². The number of aliphatic hydroxyl groups excluding tert-OH is 1. The number of halogens is 2. The molecule has 18 heavy (non-hydrogen) atoms. The van der Waals surface area contributed by atoms with Crippen LogP contribution in [0.4, 0.5) is 8.78 Å². The van der Waals surface area contributed by atoms with Gasteiger partial charge >= 0.3 is 0 Å². The van der Waals surface area contributed by atoms with E-state index in [9.17, 15) is 18.7 Å². The van der Waals surface area contributed by atoms with Gasteiger partial charge in [0.25, 0.3) is 0 Å². The molecular weight excluding hydrogens is 240 g/mol. The van der Waals surface area contributed by atoms with Gasteiger partial charge in [0.2, 0.25) is 11.8 Å². The maximum absolute atomic E-state index is 13.0. The Labute approximate surface area is 106 Å². The van der Waals surface area contributed by atoms with Crippen molar-refractivity contribution < 1.29 is 18.7 Å². The number of carbonyl (C=O) groups is 1. The number of nitrogens with zero attached hydrogens (tertiary/aromatic N) is 1. The average molecular weight is 261 g/mol. The van der Waals surface area contributed by atoms with E-state index in [-0.39, 0.29) is 30.6 Å². The van der Waals surface area contributed by atoms with Crippen LogP contribution < -0.4 is 0 Å². The van der Waals surface area contributed by atoms with Crippen LogP contribution >= 0.6 is 0 Å². The lowest BCUT2D eigenvalue weighted by molar-refractivity contribution is -0.138. The molecule has 1 amide bonds. The molecule has 1 aliphatic heterocycles. The molecule has 2 rings (SSSR count). The molecule has 2 aliphatic rings. The van der Waals surface area contributed by atoms with Crippen LogP contribution in [-0.2, 0) is 4.79 Å². The highest BCUT2D eigenvalue weighted by Crippen LogP contribution is 2.37. The summed E-state index contributed by atoms with van der Waals surface area (Å²) in [6.07, 6.45) is 0.655. The van der Waals surface area contributed by atoms with Crippen LogP contribution in [0.2, 0.25) is 0 Å². The lowest BCUT2D eigenvalue weighted by atomic mass is 9.86. The Bertz CT molecular complexity index is 306. The van der Waals surface area contributed by atoms with Crippen LogP contribution in [0.15, 0.2) is 0 Å². The average Bonchev–Trinajstić information content (AvgIpc) is 2.77. The second kappa shape index (κ2) is 5.11. The SMILES string of the molecule is CC(O)C1CCN(C(=O)C2CCC(F)(F)CC2)C1.